The average Bonchev–Trinajstić information content (AvgIpc) is 1.94. The maximum atomic E-state index is 2.47. The second-order valence-corrected chi connectivity index (χ2v) is 4.78. The van der Waals surface area contributed by atoms with E-state index in [2.05, 4.69) is 41.0 Å². The van der Waals surface area contributed by atoms with Crippen molar-refractivity contribution in [3.8, 4) is 0 Å². The minimum absolute atomic E-state index is 0.437. The molecule has 0 spiro atoms. The van der Waals surface area contributed by atoms with Gasteiger partial charge in [-0.15, -0.1) is 0 Å². The summed E-state index contributed by atoms with van der Waals surface area (Å²) < 4.78 is 0. The third kappa shape index (κ3) is 0.853. The van der Waals surface area contributed by atoms with Gasteiger partial charge in [0.15, 0.2) is 0 Å². The molecule has 1 saturated carbocycles. The van der Waals surface area contributed by atoms with Gasteiger partial charge in [-0.25, -0.2) is 0 Å². The Morgan fingerprint density at radius 1 is 1.20 bits per heavy atom. The topological polar surface area (TPSA) is 0 Å². The summed E-state index contributed by atoms with van der Waals surface area (Å²) in [5.74, 6) is 0.850. The van der Waals surface area contributed by atoms with E-state index < -0.39 is 0 Å². The van der Waals surface area contributed by atoms with Gasteiger partial charge in [0, 0.05) is 11.3 Å². The number of hydrogen-bond donors (Lipinski definition) is 0. The maximum Gasteiger partial charge on any atom is 0.108 e. The summed E-state index contributed by atoms with van der Waals surface area (Å²) in [6.45, 7) is 11.8. The van der Waals surface area contributed by atoms with Crippen LogP contribution in [0, 0.1) is 23.2 Å². The van der Waals surface area contributed by atoms with Crippen molar-refractivity contribution in [1.82, 2.24) is 0 Å². The van der Waals surface area contributed by atoms with Crippen LogP contribution in [0.5, 0.6) is 0 Å². The minimum atomic E-state index is 0.437. The van der Waals surface area contributed by atoms with Crippen LogP contribution < -0.4 is 0 Å². The Morgan fingerprint density at radius 2 is 1.70 bits per heavy atom. The molecule has 10 heavy (non-hydrogen) atoms. The number of rotatable bonds is 0. The van der Waals surface area contributed by atoms with E-state index in [9.17, 15) is 0 Å². The molecule has 1 atom stereocenters. The van der Waals surface area contributed by atoms with Gasteiger partial charge >= 0.3 is 0 Å². The Kier molecular flexibility index (Phi) is 1.54. The molecule has 0 nitrogen and oxygen atoms in total. The molecule has 0 amide bonds. The van der Waals surface area contributed by atoms with E-state index in [1.807, 2.05) is 0 Å². The second kappa shape index (κ2) is 1.93. The molecule has 1 aliphatic rings. The highest BCUT2D eigenvalue weighted by Crippen LogP contribution is 2.54. The van der Waals surface area contributed by atoms with Gasteiger partial charge in [0.1, 0.15) is 5.41 Å². The first-order valence-corrected chi connectivity index (χ1v) is 4.22. The van der Waals surface area contributed by atoms with Crippen molar-refractivity contribution in [3.05, 3.63) is 6.42 Å². The van der Waals surface area contributed by atoms with Gasteiger partial charge in [-0.3, -0.25) is 0 Å². The van der Waals surface area contributed by atoms with E-state index >= 15 is 0 Å². The molecule has 0 unspecified atom stereocenters. The van der Waals surface area contributed by atoms with Gasteiger partial charge in [-0.2, -0.15) is 0 Å². The molecule has 0 radical (unpaired) electrons. The van der Waals surface area contributed by atoms with Crippen LogP contribution in [0.25, 0.3) is 0 Å². The Bertz CT molecular complexity index is 131. The fourth-order valence-corrected chi connectivity index (χ4v) is 1.66. The van der Waals surface area contributed by atoms with Crippen LogP contribution in [-0.4, -0.2) is 0 Å². The molecule has 0 bridgehead atoms. The van der Waals surface area contributed by atoms with Gasteiger partial charge in [0.2, 0.25) is 0 Å². The molecule has 0 saturated heterocycles. The highest BCUT2D eigenvalue weighted by atomic mass is 14.5. The van der Waals surface area contributed by atoms with Crippen molar-refractivity contribution in [2.45, 2.75) is 41.0 Å². The zero-order valence-corrected chi connectivity index (χ0v) is 7.86. The molecule has 0 heteroatoms. The first-order valence-electron chi connectivity index (χ1n) is 4.22. The molecule has 0 heterocycles. The molecule has 0 aromatic carbocycles. The van der Waals surface area contributed by atoms with Crippen LogP contribution in [0.15, 0.2) is 0 Å². The Morgan fingerprint density at radius 3 is 1.80 bits per heavy atom. The van der Waals surface area contributed by atoms with Crippen molar-refractivity contribution in [1.29, 1.82) is 0 Å². The van der Waals surface area contributed by atoms with Crippen LogP contribution in [0.2, 0.25) is 0 Å². The van der Waals surface area contributed by atoms with E-state index in [-0.39, 0.29) is 0 Å². The molecule has 0 N–H and O–H groups in total. The largest absolute Gasteiger partial charge is 0.108 e. The Balaban J connectivity index is 2.84. The van der Waals surface area contributed by atoms with Gasteiger partial charge in [-0.1, -0.05) is 20.8 Å². The minimum Gasteiger partial charge on any atom is -0.0577 e. The zero-order valence-electron chi connectivity index (χ0n) is 7.86. The predicted molar refractivity (Wildman–Crippen MR) is 45.6 cm³/mol. The highest BCUT2D eigenvalue weighted by Gasteiger charge is 2.53. The van der Waals surface area contributed by atoms with Crippen LogP contribution in [0.3, 0.4) is 0 Å². The average molecular weight is 139 g/mol. The lowest BCUT2D eigenvalue weighted by molar-refractivity contribution is 0.134. The third-order valence-electron chi connectivity index (χ3n) is 3.87. The maximum absolute atomic E-state index is 2.47. The van der Waals surface area contributed by atoms with Crippen LogP contribution in [-0.2, 0) is 0 Å². The van der Waals surface area contributed by atoms with Crippen molar-refractivity contribution in [2.24, 2.45) is 16.7 Å². The molecule has 1 fully saturated rings. The second-order valence-electron chi connectivity index (χ2n) is 4.78. The lowest BCUT2D eigenvalue weighted by Gasteiger charge is -2.31. The Hall–Kier alpha value is -0.130. The van der Waals surface area contributed by atoms with E-state index in [1.165, 1.54) is 6.42 Å². The predicted octanol–water partition coefficient (Wildman–Crippen LogP) is 3.28. The SMILES string of the molecule is C[C@H]1C[CH+]C(C)(C)C1(C)C. The van der Waals surface area contributed by atoms with Crippen molar-refractivity contribution in [2.75, 3.05) is 0 Å². The standard InChI is InChI=1S/C10H19/c1-8-6-7-9(2,3)10(8,4)5/h7-8H,6H2,1-5H3/q+1/t8-/m0/s1. The fraction of sp³-hybridized carbons (Fsp3) is 0.900. The summed E-state index contributed by atoms with van der Waals surface area (Å²) in [7, 11) is 0. The van der Waals surface area contributed by atoms with Gasteiger partial charge in [0.25, 0.3) is 0 Å². The van der Waals surface area contributed by atoms with Crippen molar-refractivity contribution < 1.29 is 0 Å². The molecular formula is C10H19+. The molecule has 0 aliphatic heterocycles. The summed E-state index contributed by atoms with van der Waals surface area (Å²) in [5, 5.41) is 0. The molecule has 0 aromatic rings. The zero-order chi connectivity index (χ0) is 7.99. The summed E-state index contributed by atoms with van der Waals surface area (Å²) in [4.78, 5) is 0. The van der Waals surface area contributed by atoms with E-state index in [0.29, 0.717) is 10.8 Å². The summed E-state index contributed by atoms with van der Waals surface area (Å²) >= 11 is 0. The normalized spacial score (nSPS) is 35.5. The van der Waals surface area contributed by atoms with E-state index in [4.69, 9.17) is 0 Å². The lowest BCUT2D eigenvalue weighted by Crippen LogP contribution is -2.30. The number of hydrogen-bond acceptors (Lipinski definition) is 0. The van der Waals surface area contributed by atoms with Crippen molar-refractivity contribution >= 4 is 0 Å². The quantitative estimate of drug-likeness (QED) is 0.452. The fourth-order valence-electron chi connectivity index (χ4n) is 1.66. The molecular weight excluding hydrogens is 120 g/mol. The monoisotopic (exact) mass is 139 g/mol. The highest BCUT2D eigenvalue weighted by molar-refractivity contribution is 5.05. The molecule has 1 rings (SSSR count). The van der Waals surface area contributed by atoms with Gasteiger partial charge in [-0.05, 0) is 13.8 Å². The summed E-state index contributed by atoms with van der Waals surface area (Å²) in [5.41, 5.74) is 0.930. The van der Waals surface area contributed by atoms with Crippen molar-refractivity contribution in [3.63, 3.8) is 0 Å². The van der Waals surface area contributed by atoms with Crippen LogP contribution >= 0.6 is 0 Å². The van der Waals surface area contributed by atoms with Gasteiger partial charge < -0.3 is 0 Å². The first-order chi connectivity index (χ1) is 4.38. The smallest absolute Gasteiger partial charge is 0.0577 e. The van der Waals surface area contributed by atoms with E-state index in [0.717, 1.165) is 5.92 Å². The first kappa shape index (κ1) is 7.97. The van der Waals surface area contributed by atoms with Crippen LogP contribution in [0.1, 0.15) is 41.0 Å². The summed E-state index contributed by atoms with van der Waals surface area (Å²) in [6, 6.07) is 0. The van der Waals surface area contributed by atoms with Gasteiger partial charge in [0.05, 0.1) is 12.8 Å². The third-order valence-corrected chi connectivity index (χ3v) is 3.87. The van der Waals surface area contributed by atoms with Crippen LogP contribution in [0.4, 0.5) is 0 Å². The lowest BCUT2D eigenvalue weighted by atomic mass is 9.67. The summed E-state index contributed by atoms with van der Waals surface area (Å²) in [6.07, 6.45) is 3.76. The molecule has 58 valence electrons. The van der Waals surface area contributed by atoms with E-state index in [1.54, 1.807) is 0 Å². The molecule has 0 aromatic heterocycles. The molecule has 1 aliphatic carbocycles. The Labute approximate surface area is 65.0 Å².